The van der Waals surface area contributed by atoms with Crippen LogP contribution in [0.4, 0.5) is 0 Å². The molecule has 2 heterocycles. The minimum atomic E-state index is -1.75. The Bertz CT molecular complexity index is 1060. The van der Waals surface area contributed by atoms with E-state index in [-0.39, 0.29) is 18.1 Å². The number of nitrogens with two attached hydrogens (primary N) is 1. The van der Waals surface area contributed by atoms with Crippen LogP contribution in [0.2, 0.25) is 0 Å². The van der Waals surface area contributed by atoms with Crippen molar-refractivity contribution in [3.05, 3.63) is 39.5 Å². The standard InChI is InChI=1S/C21H24BrN3O8S/c1-10(26)33-8-12-9-34-20-21(32-4,19(29)25(20)16(12)18(28)31-3)24-17(27)15(23)11-5-13(22)7-14(6-11)30-2/h5-7,15,20H,8-9,23H2,1-4H3,(H,24,27)/t15?,20-,21?/m0/s1. The molecule has 3 N–H and O–H groups in total. The Kier molecular flexibility index (Phi) is 7.91. The summed E-state index contributed by atoms with van der Waals surface area (Å²) in [6.07, 6.45) is 0. The van der Waals surface area contributed by atoms with Crippen molar-refractivity contribution < 1.29 is 38.1 Å². The number of amides is 2. The summed E-state index contributed by atoms with van der Waals surface area (Å²) in [5, 5.41) is 1.84. The molecule has 2 aliphatic heterocycles. The molecule has 0 saturated carbocycles. The number of nitrogens with zero attached hydrogens (tertiary/aromatic N) is 1. The summed E-state index contributed by atoms with van der Waals surface area (Å²) in [7, 11) is 3.94. The molecule has 0 aromatic heterocycles. The number of esters is 2. The first kappa shape index (κ1) is 26.0. The molecule has 34 heavy (non-hydrogen) atoms. The van der Waals surface area contributed by atoms with E-state index >= 15 is 0 Å². The van der Waals surface area contributed by atoms with E-state index in [0.717, 1.165) is 0 Å². The van der Waals surface area contributed by atoms with Gasteiger partial charge < -0.3 is 30.0 Å². The van der Waals surface area contributed by atoms with Gasteiger partial charge in [0.25, 0.3) is 11.6 Å². The van der Waals surface area contributed by atoms with Gasteiger partial charge in [0, 0.05) is 29.8 Å². The van der Waals surface area contributed by atoms with Gasteiger partial charge in [-0.25, -0.2) is 4.79 Å². The van der Waals surface area contributed by atoms with Crippen LogP contribution in [0, 0.1) is 0 Å². The number of thioether (sulfide) groups is 1. The van der Waals surface area contributed by atoms with Crippen LogP contribution in [0.15, 0.2) is 33.9 Å². The summed E-state index contributed by atoms with van der Waals surface area (Å²) in [5.41, 5.74) is 5.24. The number of carbonyl (C=O) groups excluding carboxylic acids is 4. The highest BCUT2D eigenvalue weighted by Gasteiger charge is 2.67. The summed E-state index contributed by atoms with van der Waals surface area (Å²) in [6.45, 7) is 1.06. The molecular formula is C21H24BrN3O8S. The molecule has 3 rings (SSSR count). The smallest absolute Gasteiger partial charge is 0.354 e. The third kappa shape index (κ3) is 4.65. The molecule has 0 aliphatic carbocycles. The van der Waals surface area contributed by atoms with Crippen molar-refractivity contribution in [2.45, 2.75) is 24.1 Å². The lowest BCUT2D eigenvalue weighted by molar-refractivity contribution is -0.193. The summed E-state index contributed by atoms with van der Waals surface area (Å²) in [5.74, 6) is -1.91. The van der Waals surface area contributed by atoms with Gasteiger partial charge in [-0.15, -0.1) is 11.8 Å². The molecule has 0 radical (unpaired) electrons. The van der Waals surface area contributed by atoms with E-state index in [1.54, 1.807) is 18.2 Å². The van der Waals surface area contributed by atoms with Crippen LogP contribution < -0.4 is 15.8 Å². The summed E-state index contributed by atoms with van der Waals surface area (Å²) >= 11 is 4.58. The number of rotatable bonds is 8. The zero-order valence-electron chi connectivity index (χ0n) is 18.9. The first-order valence-electron chi connectivity index (χ1n) is 9.95. The second-order valence-corrected chi connectivity index (χ2v) is 9.38. The molecule has 0 spiro atoms. The second kappa shape index (κ2) is 10.3. The molecule has 1 fully saturated rings. The fourth-order valence-corrected chi connectivity index (χ4v) is 5.53. The molecule has 1 saturated heterocycles. The zero-order chi connectivity index (χ0) is 25.2. The maximum atomic E-state index is 13.3. The van der Waals surface area contributed by atoms with Crippen LogP contribution in [-0.2, 0) is 33.4 Å². The molecule has 2 amide bonds. The van der Waals surface area contributed by atoms with Crippen LogP contribution in [-0.4, -0.2) is 73.4 Å². The number of ether oxygens (including phenoxy) is 4. The van der Waals surface area contributed by atoms with Crippen LogP contribution in [0.25, 0.3) is 0 Å². The van der Waals surface area contributed by atoms with Crippen molar-refractivity contribution in [2.24, 2.45) is 5.73 Å². The Morgan fingerprint density at radius 2 is 2.00 bits per heavy atom. The van der Waals surface area contributed by atoms with Gasteiger partial charge in [-0.2, -0.15) is 0 Å². The summed E-state index contributed by atoms with van der Waals surface area (Å²) in [4.78, 5) is 51.2. The maximum Gasteiger partial charge on any atom is 0.354 e. The van der Waals surface area contributed by atoms with E-state index in [9.17, 15) is 19.2 Å². The van der Waals surface area contributed by atoms with Crippen LogP contribution in [0.5, 0.6) is 5.75 Å². The number of methoxy groups -OCH3 is 3. The third-order valence-electron chi connectivity index (χ3n) is 5.34. The lowest BCUT2D eigenvalue weighted by atomic mass is 9.97. The fraction of sp³-hybridized carbons (Fsp3) is 0.429. The first-order valence-corrected chi connectivity index (χ1v) is 11.8. The van der Waals surface area contributed by atoms with Gasteiger partial charge in [0.05, 0.1) is 14.2 Å². The first-order chi connectivity index (χ1) is 16.1. The van der Waals surface area contributed by atoms with Gasteiger partial charge in [0.2, 0.25) is 5.91 Å². The normalized spacial score (nSPS) is 22.4. The van der Waals surface area contributed by atoms with Gasteiger partial charge >= 0.3 is 11.9 Å². The van der Waals surface area contributed by atoms with Gasteiger partial charge in [0.15, 0.2) is 0 Å². The van der Waals surface area contributed by atoms with Gasteiger partial charge in [-0.3, -0.25) is 19.3 Å². The monoisotopic (exact) mass is 557 g/mol. The van der Waals surface area contributed by atoms with Crippen molar-refractivity contribution >= 4 is 51.4 Å². The molecular weight excluding hydrogens is 534 g/mol. The highest BCUT2D eigenvalue weighted by Crippen LogP contribution is 2.47. The molecule has 184 valence electrons. The quantitative estimate of drug-likeness (QED) is 0.267. The number of nitrogens with one attached hydrogen (secondary N) is 1. The van der Waals surface area contributed by atoms with Gasteiger partial charge in [-0.1, -0.05) is 15.9 Å². The van der Waals surface area contributed by atoms with Gasteiger partial charge in [0.1, 0.15) is 29.5 Å². The molecule has 2 unspecified atom stereocenters. The van der Waals surface area contributed by atoms with Crippen molar-refractivity contribution in [3.8, 4) is 5.75 Å². The SMILES string of the molecule is COC(=O)C1=C(COC(C)=O)CS[C@@H]2N1C(=O)C2(NC(=O)C(N)c1cc(Br)cc(OC)c1)OC. The number of hydrogen-bond acceptors (Lipinski definition) is 10. The number of β-lactam (4-membered cyclic amide) rings is 1. The Hall–Kier alpha value is -2.61. The van der Waals surface area contributed by atoms with Crippen molar-refractivity contribution in [3.63, 3.8) is 0 Å². The number of fused-ring (bicyclic) bond motifs is 1. The van der Waals surface area contributed by atoms with Crippen LogP contribution in [0.3, 0.4) is 0 Å². The number of carbonyl (C=O) groups is 4. The largest absolute Gasteiger partial charge is 0.497 e. The van der Waals surface area contributed by atoms with E-state index in [1.807, 2.05) is 0 Å². The Balaban J connectivity index is 1.87. The summed E-state index contributed by atoms with van der Waals surface area (Å²) in [6, 6.07) is 3.85. The van der Waals surface area contributed by atoms with Crippen molar-refractivity contribution in [1.82, 2.24) is 10.2 Å². The van der Waals surface area contributed by atoms with E-state index in [2.05, 4.69) is 21.2 Å². The third-order valence-corrected chi connectivity index (χ3v) is 7.17. The molecule has 13 heteroatoms. The Morgan fingerprint density at radius 3 is 2.59 bits per heavy atom. The second-order valence-electron chi connectivity index (χ2n) is 7.39. The van der Waals surface area contributed by atoms with Crippen molar-refractivity contribution in [2.75, 3.05) is 33.7 Å². The lowest BCUT2D eigenvalue weighted by Crippen LogP contribution is -2.81. The molecule has 1 aromatic rings. The Labute approximate surface area is 208 Å². The summed E-state index contributed by atoms with van der Waals surface area (Å²) < 4.78 is 21.2. The molecule has 3 atom stereocenters. The topological polar surface area (TPSA) is 146 Å². The number of hydrogen-bond donors (Lipinski definition) is 2. The predicted octanol–water partition coefficient (Wildman–Crippen LogP) is 0.822. The predicted molar refractivity (Wildman–Crippen MR) is 124 cm³/mol. The maximum absolute atomic E-state index is 13.3. The highest BCUT2D eigenvalue weighted by molar-refractivity contribution is 9.10. The molecule has 11 nitrogen and oxygen atoms in total. The average molecular weight is 558 g/mol. The number of halogens is 1. The Morgan fingerprint density at radius 1 is 1.29 bits per heavy atom. The van der Waals surface area contributed by atoms with Crippen LogP contribution in [0.1, 0.15) is 18.5 Å². The molecule has 2 aliphatic rings. The van der Waals surface area contributed by atoms with E-state index in [4.69, 9.17) is 24.7 Å². The average Bonchev–Trinajstić information content (AvgIpc) is 2.83. The minimum absolute atomic E-state index is 0.0413. The molecule has 0 bridgehead atoms. The highest BCUT2D eigenvalue weighted by atomic mass is 79.9. The minimum Gasteiger partial charge on any atom is -0.497 e. The van der Waals surface area contributed by atoms with E-state index in [0.29, 0.717) is 21.4 Å². The fourth-order valence-electron chi connectivity index (χ4n) is 3.62. The van der Waals surface area contributed by atoms with Gasteiger partial charge in [-0.05, 0) is 23.8 Å². The van der Waals surface area contributed by atoms with E-state index in [1.165, 1.54) is 44.9 Å². The van der Waals surface area contributed by atoms with Crippen LogP contribution >= 0.6 is 27.7 Å². The van der Waals surface area contributed by atoms with E-state index < -0.39 is 40.9 Å². The molecule has 1 aromatic carbocycles. The lowest BCUT2D eigenvalue weighted by Gasteiger charge is -2.56. The number of benzene rings is 1. The van der Waals surface area contributed by atoms with Crippen molar-refractivity contribution in [1.29, 1.82) is 0 Å². The zero-order valence-corrected chi connectivity index (χ0v) is 21.3.